The van der Waals surface area contributed by atoms with Crippen molar-refractivity contribution < 1.29 is 27.8 Å². The number of alkyl halides is 2. The zero-order valence-electron chi connectivity index (χ0n) is 14.2. The average Bonchev–Trinajstić information content (AvgIpc) is 3.31. The second-order valence-electron chi connectivity index (χ2n) is 6.51. The van der Waals surface area contributed by atoms with Crippen molar-refractivity contribution in [2.75, 3.05) is 13.2 Å². The van der Waals surface area contributed by atoms with Crippen molar-refractivity contribution in [2.45, 2.75) is 51.4 Å². The third-order valence-electron chi connectivity index (χ3n) is 4.48. The summed E-state index contributed by atoms with van der Waals surface area (Å²) in [5.41, 5.74) is 0.954. The Balaban J connectivity index is 1.68. The Morgan fingerprint density at radius 2 is 2.12 bits per heavy atom. The summed E-state index contributed by atoms with van der Waals surface area (Å²) in [6, 6.07) is 5.05. The number of rotatable bonds is 8. The molecule has 1 saturated heterocycles. The first kappa shape index (κ1) is 17.9. The first-order chi connectivity index (χ1) is 12.0. The number of esters is 1. The number of carbonyl (C=O) groups is 1. The Kier molecular flexibility index (Phi) is 5.73. The number of nitrogens with one attached hydrogen (secondary N) is 1. The molecular formula is C18H23F2NO4. The summed E-state index contributed by atoms with van der Waals surface area (Å²) in [4.78, 5) is 11.4. The van der Waals surface area contributed by atoms with Crippen LogP contribution in [0.3, 0.4) is 0 Å². The van der Waals surface area contributed by atoms with E-state index in [1.54, 1.807) is 19.1 Å². The summed E-state index contributed by atoms with van der Waals surface area (Å²) in [5, 5.41) is 3.16. The Morgan fingerprint density at radius 3 is 2.80 bits per heavy atom. The zero-order chi connectivity index (χ0) is 17.8. The van der Waals surface area contributed by atoms with Gasteiger partial charge in [-0.1, -0.05) is 13.0 Å². The maximum absolute atomic E-state index is 12.6. The predicted octanol–water partition coefficient (Wildman–Crippen LogP) is 3.43. The number of ether oxygens (including phenoxy) is 3. The average molecular weight is 355 g/mol. The maximum Gasteiger partial charge on any atom is 0.387 e. The molecule has 0 spiro atoms. The third kappa shape index (κ3) is 5.04. The zero-order valence-corrected chi connectivity index (χ0v) is 14.2. The van der Waals surface area contributed by atoms with E-state index in [1.807, 2.05) is 0 Å². The predicted molar refractivity (Wildman–Crippen MR) is 86.8 cm³/mol. The molecule has 2 aliphatic rings. The molecule has 5 nitrogen and oxygen atoms in total. The van der Waals surface area contributed by atoms with Crippen LogP contribution in [0.4, 0.5) is 8.78 Å². The highest BCUT2D eigenvalue weighted by atomic mass is 19.3. The quantitative estimate of drug-likeness (QED) is 0.724. The first-order valence-electron chi connectivity index (χ1n) is 8.69. The molecule has 1 saturated carbocycles. The summed E-state index contributed by atoms with van der Waals surface area (Å²) < 4.78 is 40.7. The molecule has 1 N–H and O–H groups in total. The molecule has 7 heteroatoms. The van der Waals surface area contributed by atoms with Gasteiger partial charge in [0.25, 0.3) is 0 Å². The van der Waals surface area contributed by atoms with Crippen molar-refractivity contribution in [3.05, 3.63) is 23.8 Å². The van der Waals surface area contributed by atoms with Crippen LogP contribution >= 0.6 is 0 Å². The summed E-state index contributed by atoms with van der Waals surface area (Å²) >= 11 is 0. The standard InChI is InChI=1S/C18H23F2NO4/c1-2-17(22)25-16-8-13(9-21-16)12-5-6-14(24-18(19)20)15(7-12)23-10-11-3-4-11/h5-7,11,13,16,18,21H,2-4,8-10H2,1H3/t13?,16-/m0/s1. The molecule has 1 unspecified atom stereocenters. The van der Waals surface area contributed by atoms with Crippen LogP contribution in [0.15, 0.2) is 18.2 Å². The van der Waals surface area contributed by atoms with E-state index in [9.17, 15) is 13.6 Å². The lowest BCUT2D eigenvalue weighted by Crippen LogP contribution is -2.27. The summed E-state index contributed by atoms with van der Waals surface area (Å²) in [6.07, 6.45) is 2.89. The monoisotopic (exact) mass is 355 g/mol. The molecule has 138 valence electrons. The van der Waals surface area contributed by atoms with E-state index < -0.39 is 6.61 Å². The van der Waals surface area contributed by atoms with Gasteiger partial charge >= 0.3 is 12.6 Å². The van der Waals surface area contributed by atoms with Crippen LogP contribution in [0.2, 0.25) is 0 Å². The fourth-order valence-electron chi connectivity index (χ4n) is 2.86. The van der Waals surface area contributed by atoms with Crippen molar-refractivity contribution in [1.29, 1.82) is 0 Å². The van der Waals surface area contributed by atoms with Gasteiger partial charge in [-0.3, -0.25) is 10.1 Å². The van der Waals surface area contributed by atoms with Gasteiger partial charge in [0, 0.05) is 25.3 Å². The summed E-state index contributed by atoms with van der Waals surface area (Å²) in [7, 11) is 0. The van der Waals surface area contributed by atoms with Crippen LogP contribution in [0.1, 0.15) is 44.1 Å². The fraction of sp³-hybridized carbons (Fsp3) is 0.611. The van der Waals surface area contributed by atoms with Crippen molar-refractivity contribution in [3.63, 3.8) is 0 Å². The highest BCUT2D eigenvalue weighted by molar-refractivity contribution is 5.69. The van der Waals surface area contributed by atoms with Gasteiger partial charge in [-0.15, -0.1) is 0 Å². The largest absolute Gasteiger partial charge is 0.489 e. The second kappa shape index (κ2) is 7.99. The molecule has 2 atom stereocenters. The molecule has 0 aromatic heterocycles. The van der Waals surface area contributed by atoms with Gasteiger partial charge in [0.05, 0.1) is 6.61 Å². The summed E-state index contributed by atoms with van der Waals surface area (Å²) in [6.45, 7) is 0.0293. The maximum atomic E-state index is 12.6. The smallest absolute Gasteiger partial charge is 0.387 e. The summed E-state index contributed by atoms with van der Waals surface area (Å²) in [5.74, 6) is 0.790. The van der Waals surface area contributed by atoms with Gasteiger partial charge in [-0.25, -0.2) is 0 Å². The molecule has 1 aliphatic heterocycles. The number of halogens is 2. The first-order valence-corrected chi connectivity index (χ1v) is 8.69. The molecule has 1 aromatic carbocycles. The van der Waals surface area contributed by atoms with Crippen molar-refractivity contribution >= 4 is 5.97 Å². The van der Waals surface area contributed by atoms with E-state index in [4.69, 9.17) is 9.47 Å². The molecule has 0 bridgehead atoms. The molecule has 0 radical (unpaired) electrons. The minimum absolute atomic E-state index is 0.0549. The Morgan fingerprint density at radius 1 is 1.32 bits per heavy atom. The van der Waals surface area contributed by atoms with Crippen molar-refractivity contribution in [2.24, 2.45) is 5.92 Å². The fourth-order valence-corrected chi connectivity index (χ4v) is 2.86. The lowest BCUT2D eigenvalue weighted by atomic mass is 9.97. The van der Waals surface area contributed by atoms with Gasteiger partial charge in [0.2, 0.25) is 0 Å². The Labute approximate surface area is 145 Å². The molecule has 0 amide bonds. The highest BCUT2D eigenvalue weighted by Crippen LogP contribution is 2.37. The van der Waals surface area contributed by atoms with Crippen molar-refractivity contribution in [1.82, 2.24) is 5.32 Å². The molecule has 2 fully saturated rings. The Bertz CT molecular complexity index is 607. The van der Waals surface area contributed by atoms with Crippen molar-refractivity contribution in [3.8, 4) is 11.5 Å². The van der Waals surface area contributed by atoms with Crippen LogP contribution < -0.4 is 14.8 Å². The van der Waals surface area contributed by atoms with Gasteiger partial charge in [0.1, 0.15) is 0 Å². The van der Waals surface area contributed by atoms with Crippen LogP contribution in [0, 0.1) is 5.92 Å². The number of carbonyl (C=O) groups excluding carboxylic acids is 1. The van der Waals surface area contributed by atoms with Crippen LogP contribution in [0.5, 0.6) is 11.5 Å². The number of hydrogen-bond donors (Lipinski definition) is 1. The Hall–Kier alpha value is -1.89. The van der Waals surface area contributed by atoms with Gasteiger partial charge in [-0.2, -0.15) is 8.78 Å². The minimum Gasteiger partial charge on any atom is -0.489 e. The number of hydrogen-bond acceptors (Lipinski definition) is 5. The molecule has 1 aromatic rings. The molecular weight excluding hydrogens is 332 g/mol. The highest BCUT2D eigenvalue weighted by Gasteiger charge is 2.29. The van der Waals surface area contributed by atoms with Crippen LogP contribution in [-0.4, -0.2) is 32.0 Å². The van der Waals surface area contributed by atoms with E-state index in [2.05, 4.69) is 10.1 Å². The van der Waals surface area contributed by atoms with Gasteiger partial charge < -0.3 is 14.2 Å². The molecule has 1 aliphatic carbocycles. The topological polar surface area (TPSA) is 56.8 Å². The SMILES string of the molecule is CCC(=O)O[C@H]1CC(c2ccc(OC(F)F)c(OCC3CC3)c2)CN1. The van der Waals surface area contributed by atoms with Crippen LogP contribution in [-0.2, 0) is 9.53 Å². The molecule has 1 heterocycles. The van der Waals surface area contributed by atoms with E-state index in [1.165, 1.54) is 6.07 Å². The lowest BCUT2D eigenvalue weighted by molar-refractivity contribution is -0.149. The van der Waals surface area contributed by atoms with E-state index in [-0.39, 0.29) is 23.9 Å². The van der Waals surface area contributed by atoms with Gasteiger partial charge in [-0.05, 0) is 36.5 Å². The van der Waals surface area contributed by atoms with E-state index in [0.29, 0.717) is 37.7 Å². The molecule has 3 rings (SSSR count). The van der Waals surface area contributed by atoms with E-state index >= 15 is 0 Å². The van der Waals surface area contributed by atoms with Crippen LogP contribution in [0.25, 0.3) is 0 Å². The lowest BCUT2D eigenvalue weighted by Gasteiger charge is -2.16. The normalized spacial score (nSPS) is 22.9. The number of benzene rings is 1. The minimum atomic E-state index is -2.89. The van der Waals surface area contributed by atoms with Gasteiger partial charge in [0.15, 0.2) is 17.7 Å². The molecule has 25 heavy (non-hydrogen) atoms. The van der Waals surface area contributed by atoms with E-state index in [0.717, 1.165) is 18.4 Å². The second-order valence-corrected chi connectivity index (χ2v) is 6.51. The third-order valence-corrected chi connectivity index (χ3v) is 4.48.